The molecule has 1 aromatic carbocycles. The fourth-order valence-electron chi connectivity index (χ4n) is 1.90. The summed E-state index contributed by atoms with van der Waals surface area (Å²) in [6.45, 7) is 6.07. The van der Waals surface area contributed by atoms with Crippen LogP contribution in [0.1, 0.15) is 26.7 Å². The number of Topliss-reactive ketones (excluding diaryl/α,β-unsaturated/α-hetero) is 1. The lowest BCUT2D eigenvalue weighted by molar-refractivity contribution is -0.117. The topological polar surface area (TPSA) is 30.0 Å². The SMILES string of the molecule is Cc1cccc(CC(=O)Cc2nc(C)c(C)s2)c1. The third kappa shape index (κ3) is 3.26. The van der Waals surface area contributed by atoms with Crippen LogP contribution in [0.25, 0.3) is 0 Å². The van der Waals surface area contributed by atoms with Gasteiger partial charge in [-0.2, -0.15) is 0 Å². The predicted octanol–water partition coefficient (Wildman–Crippen LogP) is 3.42. The van der Waals surface area contributed by atoms with E-state index in [1.54, 1.807) is 11.3 Å². The van der Waals surface area contributed by atoms with Gasteiger partial charge >= 0.3 is 0 Å². The lowest BCUT2D eigenvalue weighted by Gasteiger charge is -2.01. The maximum atomic E-state index is 12.0. The zero-order valence-corrected chi connectivity index (χ0v) is 11.8. The number of hydrogen-bond donors (Lipinski definition) is 0. The van der Waals surface area contributed by atoms with Gasteiger partial charge in [0.2, 0.25) is 0 Å². The quantitative estimate of drug-likeness (QED) is 0.842. The fourth-order valence-corrected chi connectivity index (χ4v) is 2.86. The smallest absolute Gasteiger partial charge is 0.144 e. The average molecular weight is 259 g/mol. The summed E-state index contributed by atoms with van der Waals surface area (Å²) in [4.78, 5) is 17.6. The summed E-state index contributed by atoms with van der Waals surface area (Å²) in [6, 6.07) is 8.11. The standard InChI is InChI=1S/C15H17NOS/c1-10-5-4-6-13(7-10)8-14(17)9-15-16-11(2)12(3)18-15/h4-7H,8-9H2,1-3H3. The average Bonchev–Trinajstić information content (AvgIpc) is 2.57. The zero-order chi connectivity index (χ0) is 13.1. The molecule has 0 N–H and O–H groups in total. The molecule has 2 rings (SSSR count). The zero-order valence-electron chi connectivity index (χ0n) is 11.0. The summed E-state index contributed by atoms with van der Waals surface area (Å²) in [5.41, 5.74) is 3.32. The van der Waals surface area contributed by atoms with E-state index in [-0.39, 0.29) is 5.78 Å². The molecule has 0 spiro atoms. The summed E-state index contributed by atoms with van der Waals surface area (Å²) in [6.07, 6.45) is 0.951. The van der Waals surface area contributed by atoms with Crippen molar-refractivity contribution in [3.63, 3.8) is 0 Å². The van der Waals surface area contributed by atoms with Crippen LogP contribution in [0, 0.1) is 20.8 Å². The minimum Gasteiger partial charge on any atom is -0.299 e. The Morgan fingerprint density at radius 2 is 2.00 bits per heavy atom. The first kappa shape index (κ1) is 13.0. The van der Waals surface area contributed by atoms with E-state index >= 15 is 0 Å². The first-order valence-electron chi connectivity index (χ1n) is 6.05. The Labute approximate surface area is 112 Å². The molecular weight excluding hydrogens is 242 g/mol. The lowest BCUT2D eigenvalue weighted by atomic mass is 10.1. The van der Waals surface area contributed by atoms with Crippen LogP contribution in [0.5, 0.6) is 0 Å². The molecular formula is C15H17NOS. The van der Waals surface area contributed by atoms with Crippen molar-refractivity contribution in [2.45, 2.75) is 33.6 Å². The van der Waals surface area contributed by atoms with Crippen molar-refractivity contribution in [1.82, 2.24) is 4.98 Å². The molecule has 0 unspecified atom stereocenters. The number of nitrogens with zero attached hydrogens (tertiary/aromatic N) is 1. The maximum absolute atomic E-state index is 12.0. The highest BCUT2D eigenvalue weighted by atomic mass is 32.1. The van der Waals surface area contributed by atoms with E-state index in [2.05, 4.69) is 11.1 Å². The minimum atomic E-state index is 0.231. The molecule has 2 nitrogen and oxygen atoms in total. The molecule has 0 fully saturated rings. The van der Waals surface area contributed by atoms with E-state index in [0.717, 1.165) is 16.3 Å². The van der Waals surface area contributed by atoms with Gasteiger partial charge < -0.3 is 0 Å². The van der Waals surface area contributed by atoms with Crippen molar-refractivity contribution >= 4 is 17.1 Å². The van der Waals surface area contributed by atoms with Gasteiger partial charge in [-0.05, 0) is 26.3 Å². The lowest BCUT2D eigenvalue weighted by Crippen LogP contribution is -2.06. The fraction of sp³-hybridized carbons (Fsp3) is 0.333. The first-order valence-corrected chi connectivity index (χ1v) is 6.86. The number of aromatic nitrogens is 1. The molecule has 0 bridgehead atoms. The van der Waals surface area contributed by atoms with Gasteiger partial charge in [0.15, 0.2) is 0 Å². The van der Waals surface area contributed by atoms with Crippen LogP contribution in [-0.4, -0.2) is 10.8 Å². The Kier molecular flexibility index (Phi) is 3.92. The molecule has 1 aromatic heterocycles. The van der Waals surface area contributed by atoms with Crippen molar-refractivity contribution < 1.29 is 4.79 Å². The molecule has 0 radical (unpaired) electrons. The number of rotatable bonds is 4. The van der Waals surface area contributed by atoms with Gasteiger partial charge in [0.25, 0.3) is 0 Å². The van der Waals surface area contributed by atoms with Gasteiger partial charge in [0.05, 0.1) is 12.1 Å². The molecule has 0 saturated carbocycles. The van der Waals surface area contributed by atoms with Crippen LogP contribution in [0.2, 0.25) is 0 Å². The summed E-state index contributed by atoms with van der Waals surface area (Å²) in [7, 11) is 0. The van der Waals surface area contributed by atoms with Gasteiger partial charge in [-0.3, -0.25) is 4.79 Å². The predicted molar refractivity (Wildman–Crippen MR) is 75.2 cm³/mol. The minimum absolute atomic E-state index is 0.231. The second-order valence-electron chi connectivity index (χ2n) is 4.63. The van der Waals surface area contributed by atoms with E-state index in [1.165, 1.54) is 10.4 Å². The van der Waals surface area contributed by atoms with Crippen LogP contribution in [0.4, 0.5) is 0 Å². The van der Waals surface area contributed by atoms with Gasteiger partial charge in [-0.15, -0.1) is 11.3 Å². The highest BCUT2D eigenvalue weighted by molar-refractivity contribution is 7.11. The molecule has 0 amide bonds. The molecule has 1 heterocycles. The molecule has 0 aliphatic carbocycles. The van der Waals surface area contributed by atoms with E-state index in [9.17, 15) is 4.79 Å². The van der Waals surface area contributed by atoms with Crippen molar-refractivity contribution in [2.75, 3.05) is 0 Å². The van der Waals surface area contributed by atoms with Crippen molar-refractivity contribution in [3.05, 3.63) is 51.0 Å². The molecule has 18 heavy (non-hydrogen) atoms. The van der Waals surface area contributed by atoms with Crippen LogP contribution in [0.3, 0.4) is 0 Å². The summed E-state index contributed by atoms with van der Waals surface area (Å²) in [5.74, 6) is 0.231. The molecule has 0 aliphatic rings. The molecule has 94 valence electrons. The van der Waals surface area contributed by atoms with E-state index in [0.29, 0.717) is 12.8 Å². The van der Waals surface area contributed by atoms with Crippen molar-refractivity contribution in [2.24, 2.45) is 0 Å². The maximum Gasteiger partial charge on any atom is 0.144 e. The third-order valence-corrected chi connectivity index (χ3v) is 3.98. The molecule has 0 atom stereocenters. The molecule has 0 saturated heterocycles. The Balaban J connectivity index is 2.01. The van der Waals surface area contributed by atoms with E-state index < -0.39 is 0 Å². The van der Waals surface area contributed by atoms with Gasteiger partial charge in [-0.1, -0.05) is 29.8 Å². The van der Waals surface area contributed by atoms with Gasteiger partial charge in [-0.25, -0.2) is 4.98 Å². The Hall–Kier alpha value is -1.48. The van der Waals surface area contributed by atoms with E-state index in [1.807, 2.05) is 39.0 Å². The van der Waals surface area contributed by atoms with Crippen LogP contribution >= 0.6 is 11.3 Å². The number of aryl methyl sites for hydroxylation is 3. The normalized spacial score (nSPS) is 10.6. The van der Waals surface area contributed by atoms with Gasteiger partial charge in [0, 0.05) is 11.3 Å². The van der Waals surface area contributed by atoms with E-state index in [4.69, 9.17) is 0 Å². The number of carbonyl (C=O) groups is 1. The second-order valence-corrected chi connectivity index (χ2v) is 5.92. The largest absolute Gasteiger partial charge is 0.299 e. The summed E-state index contributed by atoms with van der Waals surface area (Å²) >= 11 is 1.62. The van der Waals surface area contributed by atoms with Crippen LogP contribution in [-0.2, 0) is 17.6 Å². The Bertz CT molecular complexity index is 552. The van der Waals surface area contributed by atoms with Crippen molar-refractivity contribution in [3.8, 4) is 0 Å². The van der Waals surface area contributed by atoms with Gasteiger partial charge in [0.1, 0.15) is 10.8 Å². The first-order chi connectivity index (χ1) is 8.54. The Morgan fingerprint density at radius 3 is 2.61 bits per heavy atom. The highest BCUT2D eigenvalue weighted by Crippen LogP contribution is 2.17. The summed E-state index contributed by atoms with van der Waals surface area (Å²) in [5, 5.41) is 0.933. The number of thiazole rings is 1. The number of ketones is 1. The van der Waals surface area contributed by atoms with Crippen LogP contribution in [0.15, 0.2) is 24.3 Å². The Morgan fingerprint density at radius 1 is 1.22 bits per heavy atom. The summed E-state index contributed by atoms with van der Waals surface area (Å²) < 4.78 is 0. The highest BCUT2D eigenvalue weighted by Gasteiger charge is 2.10. The second kappa shape index (κ2) is 5.44. The monoisotopic (exact) mass is 259 g/mol. The number of hydrogen-bond acceptors (Lipinski definition) is 3. The number of benzene rings is 1. The van der Waals surface area contributed by atoms with Crippen LogP contribution < -0.4 is 0 Å². The molecule has 2 aromatic rings. The molecule has 0 aliphatic heterocycles. The van der Waals surface area contributed by atoms with Crippen molar-refractivity contribution in [1.29, 1.82) is 0 Å². The molecule has 3 heteroatoms. The number of carbonyl (C=O) groups excluding carboxylic acids is 1. The third-order valence-electron chi connectivity index (χ3n) is 2.90.